The largest absolute Gasteiger partial charge is 0.404 e. The first-order valence-electron chi connectivity index (χ1n) is 6.03. The Labute approximate surface area is 102 Å². The molecule has 0 bridgehead atoms. The van der Waals surface area contributed by atoms with Gasteiger partial charge in [0.1, 0.15) is 0 Å². The van der Waals surface area contributed by atoms with E-state index < -0.39 is 0 Å². The average Bonchev–Trinajstić information content (AvgIpc) is 2.32. The molecule has 1 unspecified atom stereocenters. The van der Waals surface area contributed by atoms with Gasteiger partial charge in [-0.05, 0) is 37.8 Å². The molecule has 2 rings (SSSR count). The van der Waals surface area contributed by atoms with Gasteiger partial charge in [-0.3, -0.25) is 4.99 Å². The molecule has 0 aliphatic heterocycles. The van der Waals surface area contributed by atoms with Gasteiger partial charge in [0.25, 0.3) is 0 Å². The number of benzene rings is 1. The Bertz CT molecular complexity index is 460. The topological polar surface area (TPSA) is 64.4 Å². The van der Waals surface area contributed by atoms with Crippen LogP contribution >= 0.6 is 0 Å². The first-order valence-corrected chi connectivity index (χ1v) is 6.03. The van der Waals surface area contributed by atoms with Crippen LogP contribution in [-0.4, -0.2) is 11.8 Å². The van der Waals surface area contributed by atoms with Gasteiger partial charge in [-0.25, -0.2) is 0 Å². The van der Waals surface area contributed by atoms with Crippen molar-refractivity contribution < 1.29 is 0 Å². The molecule has 0 radical (unpaired) electrons. The lowest BCUT2D eigenvalue weighted by Gasteiger charge is -2.23. The Hall–Kier alpha value is -1.61. The summed E-state index contributed by atoms with van der Waals surface area (Å²) in [5.41, 5.74) is 15.9. The fraction of sp³-hybridized carbons (Fsp3) is 0.357. The fourth-order valence-electron chi connectivity index (χ4n) is 2.18. The van der Waals surface area contributed by atoms with Gasteiger partial charge in [0.15, 0.2) is 0 Å². The molecule has 90 valence electrons. The Morgan fingerprint density at radius 2 is 2.12 bits per heavy atom. The highest BCUT2D eigenvalue weighted by molar-refractivity contribution is 6.03. The Morgan fingerprint density at radius 3 is 2.82 bits per heavy atom. The van der Waals surface area contributed by atoms with E-state index in [2.05, 4.69) is 13.0 Å². The lowest BCUT2D eigenvalue weighted by atomic mass is 9.89. The second-order valence-corrected chi connectivity index (χ2v) is 4.47. The molecule has 1 aromatic rings. The van der Waals surface area contributed by atoms with E-state index in [1.165, 1.54) is 5.56 Å². The van der Waals surface area contributed by atoms with Crippen LogP contribution in [0.15, 0.2) is 41.0 Å². The van der Waals surface area contributed by atoms with Crippen molar-refractivity contribution in [2.24, 2.45) is 16.5 Å². The normalized spacial score (nSPS) is 25.4. The summed E-state index contributed by atoms with van der Waals surface area (Å²) in [7, 11) is 0. The summed E-state index contributed by atoms with van der Waals surface area (Å²) in [5, 5.41) is 0. The van der Waals surface area contributed by atoms with Crippen molar-refractivity contribution in [2.45, 2.75) is 32.2 Å². The van der Waals surface area contributed by atoms with Gasteiger partial charge < -0.3 is 11.5 Å². The SMILES string of the molecule is Cc1ccccc1N=C1CCCC(N)C1=CN. The number of nitrogens with two attached hydrogens (primary N) is 2. The van der Waals surface area contributed by atoms with Crippen LogP contribution < -0.4 is 11.5 Å². The molecule has 0 heterocycles. The van der Waals surface area contributed by atoms with Crippen molar-refractivity contribution in [1.29, 1.82) is 0 Å². The molecular formula is C14H19N3. The number of para-hydroxylation sites is 1. The minimum absolute atomic E-state index is 0.0384. The maximum Gasteiger partial charge on any atom is 0.0662 e. The van der Waals surface area contributed by atoms with Gasteiger partial charge >= 0.3 is 0 Å². The van der Waals surface area contributed by atoms with E-state index in [1.807, 2.05) is 18.2 Å². The highest BCUT2D eigenvalue weighted by atomic mass is 14.8. The molecule has 1 fully saturated rings. The van der Waals surface area contributed by atoms with E-state index in [9.17, 15) is 0 Å². The molecular weight excluding hydrogens is 210 g/mol. The van der Waals surface area contributed by atoms with Crippen LogP contribution in [0.5, 0.6) is 0 Å². The molecule has 1 aliphatic carbocycles. The number of aliphatic imine (C=N–C) groups is 1. The Morgan fingerprint density at radius 1 is 1.35 bits per heavy atom. The lowest BCUT2D eigenvalue weighted by molar-refractivity contribution is 0.640. The number of nitrogens with zero attached hydrogens (tertiary/aromatic N) is 1. The smallest absolute Gasteiger partial charge is 0.0662 e. The van der Waals surface area contributed by atoms with Crippen LogP contribution in [0.2, 0.25) is 0 Å². The molecule has 0 saturated heterocycles. The zero-order chi connectivity index (χ0) is 12.3. The van der Waals surface area contributed by atoms with Crippen LogP contribution in [0, 0.1) is 6.92 Å². The van der Waals surface area contributed by atoms with Crippen LogP contribution in [0.25, 0.3) is 0 Å². The Balaban J connectivity index is 2.35. The zero-order valence-corrected chi connectivity index (χ0v) is 10.2. The molecule has 0 spiro atoms. The van der Waals surface area contributed by atoms with Crippen LogP contribution in [-0.2, 0) is 0 Å². The monoisotopic (exact) mass is 229 g/mol. The van der Waals surface area contributed by atoms with E-state index >= 15 is 0 Å². The fourth-order valence-corrected chi connectivity index (χ4v) is 2.18. The van der Waals surface area contributed by atoms with E-state index in [4.69, 9.17) is 16.5 Å². The summed E-state index contributed by atoms with van der Waals surface area (Å²) in [6, 6.07) is 8.15. The second-order valence-electron chi connectivity index (χ2n) is 4.47. The maximum atomic E-state index is 6.04. The van der Waals surface area contributed by atoms with Crippen LogP contribution in [0.4, 0.5) is 5.69 Å². The standard InChI is InChI=1S/C14H19N3/c1-10-5-2-3-7-13(10)17-14-8-4-6-12(16)11(14)9-15/h2-3,5,7,9,12H,4,6,8,15-16H2,1H3. The van der Waals surface area contributed by atoms with Crippen molar-refractivity contribution in [3.8, 4) is 0 Å². The van der Waals surface area contributed by atoms with Crippen LogP contribution in [0.3, 0.4) is 0 Å². The molecule has 1 atom stereocenters. The minimum atomic E-state index is 0.0384. The number of hydrogen-bond donors (Lipinski definition) is 2. The predicted molar refractivity (Wildman–Crippen MR) is 72.4 cm³/mol. The third-order valence-electron chi connectivity index (χ3n) is 3.21. The summed E-state index contributed by atoms with van der Waals surface area (Å²) in [6.45, 7) is 2.06. The highest BCUT2D eigenvalue weighted by Gasteiger charge is 2.20. The number of aryl methyl sites for hydroxylation is 1. The third kappa shape index (κ3) is 2.56. The van der Waals surface area contributed by atoms with E-state index in [0.29, 0.717) is 0 Å². The van der Waals surface area contributed by atoms with E-state index in [0.717, 1.165) is 36.2 Å². The molecule has 3 heteroatoms. The first kappa shape index (κ1) is 11.9. The van der Waals surface area contributed by atoms with Gasteiger partial charge in [0.2, 0.25) is 0 Å². The van der Waals surface area contributed by atoms with Crippen molar-refractivity contribution >= 4 is 11.4 Å². The van der Waals surface area contributed by atoms with Crippen molar-refractivity contribution in [3.63, 3.8) is 0 Å². The molecule has 0 amide bonds. The maximum absolute atomic E-state index is 6.04. The van der Waals surface area contributed by atoms with Crippen molar-refractivity contribution in [1.82, 2.24) is 0 Å². The van der Waals surface area contributed by atoms with Gasteiger partial charge in [-0.15, -0.1) is 0 Å². The summed E-state index contributed by atoms with van der Waals surface area (Å²) in [4.78, 5) is 4.71. The Kier molecular flexibility index (Phi) is 3.59. The quantitative estimate of drug-likeness (QED) is 0.776. The highest BCUT2D eigenvalue weighted by Crippen LogP contribution is 2.25. The van der Waals surface area contributed by atoms with E-state index in [1.54, 1.807) is 6.20 Å². The summed E-state index contributed by atoms with van der Waals surface area (Å²) in [5.74, 6) is 0. The van der Waals surface area contributed by atoms with Gasteiger partial charge in [-0.2, -0.15) is 0 Å². The molecule has 1 aromatic carbocycles. The van der Waals surface area contributed by atoms with Crippen LogP contribution in [0.1, 0.15) is 24.8 Å². The van der Waals surface area contributed by atoms with Gasteiger partial charge in [-0.1, -0.05) is 18.2 Å². The second kappa shape index (κ2) is 5.15. The number of rotatable bonds is 1. The van der Waals surface area contributed by atoms with E-state index in [-0.39, 0.29) is 6.04 Å². The molecule has 3 nitrogen and oxygen atoms in total. The minimum Gasteiger partial charge on any atom is -0.404 e. The van der Waals surface area contributed by atoms with Crippen molar-refractivity contribution in [2.75, 3.05) is 0 Å². The van der Waals surface area contributed by atoms with Gasteiger partial charge in [0, 0.05) is 23.5 Å². The molecule has 4 N–H and O–H groups in total. The summed E-state index contributed by atoms with van der Waals surface area (Å²) in [6.07, 6.45) is 4.66. The molecule has 17 heavy (non-hydrogen) atoms. The number of hydrogen-bond acceptors (Lipinski definition) is 3. The van der Waals surface area contributed by atoms with Gasteiger partial charge in [0.05, 0.1) is 5.69 Å². The summed E-state index contributed by atoms with van der Waals surface area (Å²) >= 11 is 0. The summed E-state index contributed by atoms with van der Waals surface area (Å²) < 4.78 is 0. The lowest BCUT2D eigenvalue weighted by Crippen LogP contribution is -2.32. The average molecular weight is 229 g/mol. The first-order chi connectivity index (χ1) is 8.22. The third-order valence-corrected chi connectivity index (χ3v) is 3.21. The molecule has 1 aliphatic rings. The predicted octanol–water partition coefficient (Wildman–Crippen LogP) is 2.42. The molecule has 0 aromatic heterocycles. The molecule has 1 saturated carbocycles. The zero-order valence-electron chi connectivity index (χ0n) is 10.2. The van der Waals surface area contributed by atoms with Crippen molar-refractivity contribution in [3.05, 3.63) is 41.6 Å².